The number of nitrogens with one attached hydrogen (secondary N) is 1. The monoisotopic (exact) mass is 371 g/mol. The minimum Gasteiger partial charge on any atom is -0.353 e. The summed E-state index contributed by atoms with van der Waals surface area (Å²) >= 11 is 11.7. The molecule has 0 amide bonds. The molecule has 7 heteroatoms. The number of sulfone groups is 1. The number of hydrogen-bond acceptors (Lipinski definition) is 4. The van der Waals surface area contributed by atoms with Crippen LogP contribution in [-0.2, 0) is 16.3 Å². The molecule has 0 saturated heterocycles. The summed E-state index contributed by atoms with van der Waals surface area (Å²) in [6.45, 7) is 1.86. The summed E-state index contributed by atoms with van der Waals surface area (Å²) in [7, 11) is -3.56. The van der Waals surface area contributed by atoms with Gasteiger partial charge in [-0.25, -0.2) is 8.42 Å². The Morgan fingerprint density at radius 3 is 2.35 bits per heavy atom. The summed E-state index contributed by atoms with van der Waals surface area (Å²) in [6.07, 6.45) is 1.61. The van der Waals surface area contributed by atoms with Crippen LogP contribution in [0.5, 0.6) is 0 Å². The topological polar surface area (TPSA) is 63.2 Å². The molecule has 0 saturated carbocycles. The predicted molar refractivity (Wildman–Crippen MR) is 93.8 cm³/mol. The molecule has 122 valence electrons. The van der Waals surface area contributed by atoms with Gasteiger partial charge < -0.3 is 5.32 Å². The molecule has 2 aromatic carbocycles. The van der Waals surface area contributed by atoms with Gasteiger partial charge >= 0.3 is 0 Å². The summed E-state index contributed by atoms with van der Waals surface area (Å²) in [5, 5.41) is 2.80. The van der Waals surface area contributed by atoms with Gasteiger partial charge in [0.15, 0.2) is 9.84 Å². The Hall–Kier alpha value is -1.56. The molecule has 0 bridgehead atoms. The fourth-order valence-corrected chi connectivity index (χ4v) is 3.41. The minimum absolute atomic E-state index is 0.00128. The van der Waals surface area contributed by atoms with Crippen molar-refractivity contribution < 1.29 is 13.2 Å². The number of carbonyl (C=O) groups excluding carboxylic acids is 1. The standard InChI is InChI=1S/C16H15Cl2NO3S/c1-3-10-8-14(19-13-7-5-4-6-12(13)17)15(23(2,21)22)9-11(10)16(18)20/h4-9,19H,3H2,1-2H3. The van der Waals surface area contributed by atoms with Gasteiger partial charge in [0, 0.05) is 11.8 Å². The maximum atomic E-state index is 12.1. The first kappa shape index (κ1) is 17.8. The van der Waals surface area contributed by atoms with Crippen molar-refractivity contribution in [3.8, 4) is 0 Å². The molecule has 0 unspecified atom stereocenters. The van der Waals surface area contributed by atoms with Crippen molar-refractivity contribution in [1.82, 2.24) is 0 Å². The molecule has 0 fully saturated rings. The normalized spacial score (nSPS) is 11.3. The van der Waals surface area contributed by atoms with Gasteiger partial charge in [-0.2, -0.15) is 0 Å². The van der Waals surface area contributed by atoms with Gasteiger partial charge in [-0.1, -0.05) is 30.7 Å². The van der Waals surface area contributed by atoms with E-state index in [9.17, 15) is 13.2 Å². The zero-order chi connectivity index (χ0) is 17.2. The van der Waals surface area contributed by atoms with Crippen LogP contribution in [0.25, 0.3) is 0 Å². The molecule has 2 aromatic rings. The zero-order valence-corrected chi connectivity index (χ0v) is 14.9. The van der Waals surface area contributed by atoms with E-state index < -0.39 is 15.1 Å². The Kier molecular flexibility index (Phi) is 5.34. The number of halogens is 2. The van der Waals surface area contributed by atoms with Gasteiger partial charge in [-0.3, -0.25) is 4.79 Å². The molecular formula is C16H15Cl2NO3S. The summed E-state index contributed by atoms with van der Waals surface area (Å²) in [4.78, 5) is 11.6. The van der Waals surface area contributed by atoms with Crippen LogP contribution >= 0.6 is 23.2 Å². The molecule has 0 heterocycles. The van der Waals surface area contributed by atoms with E-state index in [-0.39, 0.29) is 10.5 Å². The van der Waals surface area contributed by atoms with Crippen LogP contribution in [0.2, 0.25) is 5.02 Å². The van der Waals surface area contributed by atoms with Crippen LogP contribution < -0.4 is 5.32 Å². The number of aryl methyl sites for hydroxylation is 1. The number of anilines is 2. The van der Waals surface area contributed by atoms with Crippen LogP contribution in [0.15, 0.2) is 41.3 Å². The lowest BCUT2D eigenvalue weighted by Crippen LogP contribution is -2.07. The highest BCUT2D eigenvalue weighted by Gasteiger charge is 2.20. The average molecular weight is 372 g/mol. The van der Waals surface area contributed by atoms with Crippen LogP contribution in [0.1, 0.15) is 22.8 Å². The molecule has 0 atom stereocenters. The largest absolute Gasteiger partial charge is 0.353 e. The third-order valence-corrected chi connectivity index (χ3v) is 5.01. The highest BCUT2D eigenvalue weighted by molar-refractivity contribution is 7.90. The predicted octanol–water partition coefficient (Wildman–Crippen LogP) is 4.43. The molecule has 1 N–H and O–H groups in total. The Bertz CT molecular complexity index is 864. The van der Waals surface area contributed by atoms with Crippen molar-refractivity contribution in [2.24, 2.45) is 0 Å². The lowest BCUT2D eigenvalue weighted by atomic mass is 10.0. The van der Waals surface area contributed by atoms with E-state index in [2.05, 4.69) is 5.32 Å². The molecule has 0 radical (unpaired) electrons. The number of carbonyl (C=O) groups is 1. The highest BCUT2D eigenvalue weighted by atomic mass is 35.5. The van der Waals surface area contributed by atoms with Gasteiger partial charge in [-0.15, -0.1) is 0 Å². The van der Waals surface area contributed by atoms with Gasteiger partial charge in [0.05, 0.1) is 21.3 Å². The second-order valence-corrected chi connectivity index (χ2v) is 7.74. The smallest absolute Gasteiger partial charge is 0.252 e. The summed E-state index contributed by atoms with van der Waals surface area (Å²) in [6, 6.07) is 9.92. The fourth-order valence-electron chi connectivity index (χ4n) is 2.21. The maximum Gasteiger partial charge on any atom is 0.252 e. The first-order chi connectivity index (χ1) is 10.7. The Balaban J connectivity index is 2.66. The van der Waals surface area contributed by atoms with Gasteiger partial charge in [0.2, 0.25) is 0 Å². The highest BCUT2D eigenvalue weighted by Crippen LogP contribution is 2.32. The number of rotatable bonds is 5. The number of hydrogen-bond donors (Lipinski definition) is 1. The minimum atomic E-state index is -3.56. The molecular weight excluding hydrogens is 357 g/mol. The van der Waals surface area contributed by atoms with Crippen molar-refractivity contribution in [2.75, 3.05) is 11.6 Å². The van der Waals surface area contributed by atoms with Crippen LogP contribution in [0.3, 0.4) is 0 Å². The molecule has 0 aromatic heterocycles. The van der Waals surface area contributed by atoms with Crippen molar-refractivity contribution in [1.29, 1.82) is 0 Å². The van der Waals surface area contributed by atoms with Crippen LogP contribution in [0, 0.1) is 0 Å². The zero-order valence-electron chi connectivity index (χ0n) is 12.6. The third kappa shape index (κ3) is 4.05. The Morgan fingerprint density at radius 1 is 1.17 bits per heavy atom. The molecule has 0 aliphatic heterocycles. The third-order valence-electron chi connectivity index (χ3n) is 3.34. The Morgan fingerprint density at radius 2 is 1.83 bits per heavy atom. The Labute approximate surface area is 145 Å². The molecule has 23 heavy (non-hydrogen) atoms. The van der Waals surface area contributed by atoms with E-state index in [1.54, 1.807) is 30.3 Å². The second-order valence-electron chi connectivity index (χ2n) is 5.01. The summed E-state index contributed by atoms with van der Waals surface area (Å²) < 4.78 is 24.2. The lowest BCUT2D eigenvalue weighted by molar-refractivity contribution is 0.108. The SMILES string of the molecule is CCc1cc(Nc2ccccc2Cl)c(S(C)(=O)=O)cc1C(=O)Cl. The van der Waals surface area contributed by atoms with Crippen molar-refractivity contribution in [2.45, 2.75) is 18.2 Å². The fraction of sp³-hybridized carbons (Fsp3) is 0.188. The lowest BCUT2D eigenvalue weighted by Gasteiger charge is -2.15. The van der Waals surface area contributed by atoms with E-state index >= 15 is 0 Å². The first-order valence-corrected chi connectivity index (χ1v) is 9.47. The first-order valence-electron chi connectivity index (χ1n) is 6.82. The van der Waals surface area contributed by atoms with Crippen LogP contribution in [-0.4, -0.2) is 19.9 Å². The summed E-state index contributed by atoms with van der Waals surface area (Å²) in [5.74, 6) is 0. The van der Waals surface area contributed by atoms with E-state index in [0.29, 0.717) is 28.4 Å². The van der Waals surface area contributed by atoms with Gasteiger partial charge in [0.25, 0.3) is 5.24 Å². The van der Waals surface area contributed by atoms with Crippen molar-refractivity contribution >= 4 is 49.7 Å². The van der Waals surface area contributed by atoms with Gasteiger partial charge in [0.1, 0.15) is 0 Å². The number of benzene rings is 2. The van der Waals surface area contributed by atoms with Crippen LogP contribution in [0.4, 0.5) is 11.4 Å². The number of para-hydroxylation sites is 1. The molecule has 4 nitrogen and oxygen atoms in total. The van der Waals surface area contributed by atoms with E-state index in [0.717, 1.165) is 6.26 Å². The van der Waals surface area contributed by atoms with Crippen molar-refractivity contribution in [3.63, 3.8) is 0 Å². The molecule has 0 aliphatic carbocycles. The maximum absolute atomic E-state index is 12.1. The van der Waals surface area contributed by atoms with E-state index in [4.69, 9.17) is 23.2 Å². The second kappa shape index (κ2) is 6.91. The van der Waals surface area contributed by atoms with E-state index in [1.165, 1.54) is 6.07 Å². The molecule has 0 aliphatic rings. The van der Waals surface area contributed by atoms with E-state index in [1.807, 2.05) is 6.92 Å². The van der Waals surface area contributed by atoms with Gasteiger partial charge in [-0.05, 0) is 47.9 Å². The average Bonchev–Trinajstić information content (AvgIpc) is 2.47. The summed E-state index contributed by atoms with van der Waals surface area (Å²) in [5.41, 5.74) is 1.79. The quantitative estimate of drug-likeness (QED) is 0.789. The molecule has 2 rings (SSSR count). The van der Waals surface area contributed by atoms with Crippen molar-refractivity contribution in [3.05, 3.63) is 52.5 Å². The molecule has 0 spiro atoms.